The summed E-state index contributed by atoms with van der Waals surface area (Å²) < 4.78 is 69.3. The normalized spacial score (nSPS) is 16.8. The van der Waals surface area contributed by atoms with E-state index in [-0.39, 0.29) is 41.2 Å². The molecule has 2 N–H and O–H groups in total. The standard InChI is InChI=1S/C31H32F5N7O4/c1-16(2)43(47-28(45)31(34,35)36)27(44)19-10-9-17(3)20(13-19)24-21-15-38-30(46)42(25-22(32)7-5-8-23(25)33)26(21)40-29(39-24)41-12-6-11-37-14-18(41)4/h5,7-10,13,16,18,37H,6,11-12,14-15H2,1-4H3,(H,38,46). The summed E-state index contributed by atoms with van der Waals surface area (Å²) in [7, 11) is 0. The van der Waals surface area contributed by atoms with Gasteiger partial charge in [0.25, 0.3) is 5.91 Å². The molecule has 5 rings (SSSR count). The molecular weight excluding hydrogens is 629 g/mol. The van der Waals surface area contributed by atoms with Crippen molar-refractivity contribution in [1.29, 1.82) is 0 Å². The van der Waals surface area contributed by atoms with Crippen molar-refractivity contribution >= 4 is 35.4 Å². The van der Waals surface area contributed by atoms with Gasteiger partial charge in [0.1, 0.15) is 17.3 Å². The number of carbonyl (C=O) groups is 3. The van der Waals surface area contributed by atoms with Crippen molar-refractivity contribution in [1.82, 2.24) is 25.7 Å². The number of aromatic nitrogens is 2. The lowest BCUT2D eigenvalue weighted by Gasteiger charge is -2.33. The second-order valence-corrected chi connectivity index (χ2v) is 11.5. The van der Waals surface area contributed by atoms with Gasteiger partial charge in [-0.1, -0.05) is 12.1 Å². The first-order chi connectivity index (χ1) is 22.2. The van der Waals surface area contributed by atoms with Crippen LogP contribution in [0.25, 0.3) is 11.3 Å². The number of para-hydroxylation sites is 1. The van der Waals surface area contributed by atoms with Gasteiger partial charge in [-0.05, 0) is 70.5 Å². The number of urea groups is 1. The Labute approximate surface area is 266 Å². The Bertz CT molecular complexity index is 1700. The molecule has 0 saturated carbocycles. The number of amides is 3. The number of benzene rings is 2. The van der Waals surface area contributed by atoms with Crippen LogP contribution >= 0.6 is 0 Å². The number of fused-ring (bicyclic) bond motifs is 1. The number of nitrogens with zero attached hydrogens (tertiary/aromatic N) is 5. The molecule has 11 nitrogen and oxygen atoms in total. The van der Waals surface area contributed by atoms with Crippen molar-refractivity contribution in [3.8, 4) is 11.3 Å². The summed E-state index contributed by atoms with van der Waals surface area (Å²) in [4.78, 5) is 55.0. The van der Waals surface area contributed by atoms with E-state index in [1.54, 1.807) is 6.92 Å². The number of hydrogen-bond donors (Lipinski definition) is 2. The van der Waals surface area contributed by atoms with Crippen LogP contribution in [0.2, 0.25) is 0 Å². The number of nitrogens with one attached hydrogen (secondary N) is 2. The van der Waals surface area contributed by atoms with Gasteiger partial charge in [-0.2, -0.15) is 23.2 Å². The minimum atomic E-state index is -5.34. The predicted molar refractivity (Wildman–Crippen MR) is 161 cm³/mol. The fourth-order valence-corrected chi connectivity index (χ4v) is 5.38. The Hall–Kier alpha value is -4.86. The van der Waals surface area contributed by atoms with E-state index in [2.05, 4.69) is 20.5 Å². The summed E-state index contributed by atoms with van der Waals surface area (Å²) in [5.41, 5.74) is 0.606. The van der Waals surface area contributed by atoms with Gasteiger partial charge in [0, 0.05) is 35.8 Å². The highest BCUT2D eigenvalue weighted by atomic mass is 19.4. The lowest BCUT2D eigenvalue weighted by molar-refractivity contribution is -0.232. The molecule has 1 unspecified atom stereocenters. The first kappa shape index (κ1) is 33.5. The van der Waals surface area contributed by atoms with Crippen LogP contribution in [0.4, 0.5) is 44.2 Å². The highest BCUT2D eigenvalue weighted by Gasteiger charge is 2.44. The van der Waals surface area contributed by atoms with E-state index in [1.807, 2.05) is 11.8 Å². The van der Waals surface area contributed by atoms with E-state index in [1.165, 1.54) is 32.0 Å². The largest absolute Gasteiger partial charge is 0.493 e. The molecule has 1 saturated heterocycles. The van der Waals surface area contributed by atoms with Gasteiger partial charge in [0.15, 0.2) is 5.82 Å². The Balaban J connectivity index is 1.70. The molecule has 0 bridgehead atoms. The van der Waals surface area contributed by atoms with Crippen molar-refractivity contribution in [2.24, 2.45) is 0 Å². The van der Waals surface area contributed by atoms with Gasteiger partial charge in [-0.15, -0.1) is 0 Å². The summed E-state index contributed by atoms with van der Waals surface area (Å²) in [5.74, 6) is -5.52. The third-order valence-corrected chi connectivity index (χ3v) is 7.77. The van der Waals surface area contributed by atoms with Gasteiger partial charge >= 0.3 is 18.2 Å². The maximum Gasteiger partial charge on any atom is 0.493 e. The summed E-state index contributed by atoms with van der Waals surface area (Å²) in [5, 5.41) is 6.25. The maximum atomic E-state index is 15.1. The molecule has 3 amide bonds. The molecule has 0 radical (unpaired) electrons. The first-order valence-corrected chi connectivity index (χ1v) is 14.8. The molecule has 2 aliphatic heterocycles. The van der Waals surface area contributed by atoms with Gasteiger partial charge in [0.2, 0.25) is 5.95 Å². The van der Waals surface area contributed by atoms with Crippen molar-refractivity contribution in [2.75, 3.05) is 29.4 Å². The van der Waals surface area contributed by atoms with Crippen LogP contribution in [0, 0.1) is 18.6 Å². The molecule has 16 heteroatoms. The second-order valence-electron chi connectivity index (χ2n) is 11.5. The van der Waals surface area contributed by atoms with Crippen LogP contribution < -0.4 is 20.4 Å². The zero-order valence-electron chi connectivity index (χ0n) is 25.9. The number of hydrogen-bond acceptors (Lipinski definition) is 8. The van der Waals surface area contributed by atoms with Gasteiger partial charge in [0.05, 0.1) is 18.3 Å². The third kappa shape index (κ3) is 6.68. The van der Waals surface area contributed by atoms with E-state index in [9.17, 15) is 27.6 Å². The zero-order chi connectivity index (χ0) is 34.2. The molecule has 3 aromatic rings. The average molecular weight is 662 g/mol. The van der Waals surface area contributed by atoms with Crippen LogP contribution in [0.3, 0.4) is 0 Å². The van der Waals surface area contributed by atoms with E-state index in [0.717, 1.165) is 36.1 Å². The third-order valence-electron chi connectivity index (χ3n) is 7.77. The van der Waals surface area contributed by atoms with Crippen LogP contribution in [0.1, 0.15) is 48.7 Å². The van der Waals surface area contributed by atoms with E-state index < -0.39 is 47.4 Å². The number of aryl methyl sites for hydroxylation is 1. The lowest BCUT2D eigenvalue weighted by atomic mass is 9.97. The Morgan fingerprint density at radius 3 is 2.47 bits per heavy atom. The maximum absolute atomic E-state index is 15.1. The minimum Gasteiger partial charge on any atom is -0.337 e. The van der Waals surface area contributed by atoms with E-state index >= 15 is 8.78 Å². The van der Waals surface area contributed by atoms with Crippen molar-refractivity contribution < 1.29 is 41.2 Å². The minimum absolute atomic E-state index is 0.0822. The number of rotatable bonds is 5. The molecule has 2 aliphatic rings. The molecule has 3 heterocycles. The van der Waals surface area contributed by atoms with Crippen LogP contribution in [0.15, 0.2) is 36.4 Å². The number of alkyl halides is 3. The first-order valence-electron chi connectivity index (χ1n) is 14.8. The van der Waals surface area contributed by atoms with Crippen molar-refractivity contribution in [3.05, 3.63) is 64.7 Å². The lowest BCUT2D eigenvalue weighted by Crippen LogP contribution is -2.44. The molecule has 1 atom stereocenters. The number of anilines is 3. The Morgan fingerprint density at radius 2 is 1.81 bits per heavy atom. The fourth-order valence-electron chi connectivity index (χ4n) is 5.38. The van der Waals surface area contributed by atoms with E-state index in [4.69, 9.17) is 4.98 Å². The average Bonchev–Trinajstić information content (AvgIpc) is 3.23. The second kappa shape index (κ2) is 13.1. The summed E-state index contributed by atoms with van der Waals surface area (Å²) >= 11 is 0. The van der Waals surface area contributed by atoms with Gasteiger partial charge in [-0.3, -0.25) is 4.79 Å². The summed E-state index contributed by atoms with van der Waals surface area (Å²) in [6.45, 7) is 8.06. The SMILES string of the molecule is Cc1ccc(C(=O)N(OC(=O)C(F)(F)F)C(C)C)cc1-c1nc(N2CCCNCC2C)nc2c1CNC(=O)N2c1c(F)cccc1F. The fraction of sp³-hybridized carbons (Fsp3) is 0.387. The van der Waals surface area contributed by atoms with Gasteiger partial charge < -0.3 is 20.4 Å². The van der Waals surface area contributed by atoms with Crippen LogP contribution in [-0.4, -0.2) is 70.8 Å². The Kier molecular flexibility index (Phi) is 9.34. The number of carbonyl (C=O) groups excluding carboxylic acids is 3. The molecule has 2 aromatic carbocycles. The van der Waals surface area contributed by atoms with Crippen LogP contribution in [-0.2, 0) is 16.2 Å². The molecule has 47 heavy (non-hydrogen) atoms. The highest BCUT2D eigenvalue weighted by Crippen LogP contribution is 2.40. The molecule has 250 valence electrons. The Morgan fingerprint density at radius 1 is 1.11 bits per heavy atom. The number of hydroxylamine groups is 2. The number of halogens is 5. The molecule has 1 aromatic heterocycles. The highest BCUT2D eigenvalue weighted by molar-refractivity contribution is 6.02. The molecule has 0 aliphatic carbocycles. The van der Waals surface area contributed by atoms with Gasteiger partial charge in [-0.25, -0.2) is 28.3 Å². The van der Waals surface area contributed by atoms with Crippen molar-refractivity contribution in [3.63, 3.8) is 0 Å². The summed E-state index contributed by atoms with van der Waals surface area (Å²) in [6.07, 6.45) is -4.62. The molecular formula is C31H32F5N7O4. The smallest absolute Gasteiger partial charge is 0.337 e. The molecule has 1 fully saturated rings. The predicted octanol–water partition coefficient (Wildman–Crippen LogP) is 5.15. The van der Waals surface area contributed by atoms with Crippen LogP contribution in [0.5, 0.6) is 0 Å². The quantitative estimate of drug-likeness (QED) is 0.285. The van der Waals surface area contributed by atoms with Crippen molar-refractivity contribution in [2.45, 2.75) is 58.9 Å². The molecule has 0 spiro atoms. The summed E-state index contributed by atoms with van der Waals surface area (Å²) in [6, 6.07) is 5.53. The van der Waals surface area contributed by atoms with E-state index in [0.29, 0.717) is 29.3 Å². The topological polar surface area (TPSA) is 120 Å². The zero-order valence-corrected chi connectivity index (χ0v) is 25.9. The monoisotopic (exact) mass is 661 g/mol.